The smallest absolute Gasteiger partial charge is 0.295 e. The predicted octanol–water partition coefficient (Wildman–Crippen LogP) is 3.36. The molecule has 0 bridgehead atoms. The molecule has 0 radical (unpaired) electrons. The van der Waals surface area contributed by atoms with E-state index >= 15 is 0 Å². The Labute approximate surface area is 152 Å². The number of hydrogen-bond donors (Lipinski definition) is 1. The highest BCUT2D eigenvalue weighted by atomic mass is 16.5. The number of benzene rings is 1. The number of carbonyl (C=O) groups excluding carboxylic acids is 1. The Kier molecular flexibility index (Phi) is 4.97. The van der Waals surface area contributed by atoms with Gasteiger partial charge in [-0.1, -0.05) is 32.0 Å². The number of ether oxygens (including phenoxy) is 1. The van der Waals surface area contributed by atoms with E-state index in [-0.39, 0.29) is 5.82 Å². The quantitative estimate of drug-likeness (QED) is 0.762. The SMILES string of the molecule is COc1ncccc1NC(=O)c1nc(C)n(-c2ccccc2C(C)C)n1. The number of pyridine rings is 1. The van der Waals surface area contributed by atoms with Crippen molar-refractivity contribution in [1.29, 1.82) is 0 Å². The summed E-state index contributed by atoms with van der Waals surface area (Å²) in [6, 6.07) is 11.4. The number of anilines is 1. The highest BCUT2D eigenvalue weighted by Gasteiger charge is 2.19. The minimum atomic E-state index is -0.417. The summed E-state index contributed by atoms with van der Waals surface area (Å²) in [6.07, 6.45) is 1.59. The largest absolute Gasteiger partial charge is 0.480 e. The van der Waals surface area contributed by atoms with Gasteiger partial charge in [0, 0.05) is 6.20 Å². The van der Waals surface area contributed by atoms with Gasteiger partial charge in [0.1, 0.15) is 11.5 Å². The number of nitrogens with one attached hydrogen (secondary N) is 1. The first-order chi connectivity index (χ1) is 12.5. The second-order valence-corrected chi connectivity index (χ2v) is 6.12. The molecule has 2 heterocycles. The third-order valence-corrected chi connectivity index (χ3v) is 3.97. The van der Waals surface area contributed by atoms with Crippen molar-refractivity contribution in [2.24, 2.45) is 0 Å². The third kappa shape index (κ3) is 3.42. The summed E-state index contributed by atoms with van der Waals surface area (Å²) in [5, 5.41) is 7.15. The molecule has 0 aliphatic heterocycles. The average molecular weight is 351 g/mol. The number of carbonyl (C=O) groups is 1. The molecule has 0 fully saturated rings. The lowest BCUT2D eigenvalue weighted by molar-refractivity contribution is 0.101. The molecule has 1 N–H and O–H groups in total. The Morgan fingerprint density at radius 1 is 1.19 bits per heavy atom. The van der Waals surface area contributed by atoms with Gasteiger partial charge in [0.15, 0.2) is 0 Å². The van der Waals surface area contributed by atoms with Crippen LogP contribution in [0.15, 0.2) is 42.6 Å². The lowest BCUT2D eigenvalue weighted by Crippen LogP contribution is -2.15. The second-order valence-electron chi connectivity index (χ2n) is 6.12. The van der Waals surface area contributed by atoms with Gasteiger partial charge in [-0.2, -0.15) is 0 Å². The van der Waals surface area contributed by atoms with E-state index in [2.05, 4.69) is 40.3 Å². The van der Waals surface area contributed by atoms with Gasteiger partial charge in [-0.3, -0.25) is 4.79 Å². The maximum Gasteiger partial charge on any atom is 0.295 e. The fraction of sp³-hybridized carbons (Fsp3) is 0.263. The molecular formula is C19H21N5O2. The molecule has 0 unspecified atom stereocenters. The van der Waals surface area contributed by atoms with E-state index in [0.717, 1.165) is 11.3 Å². The van der Waals surface area contributed by atoms with Gasteiger partial charge in [0.25, 0.3) is 5.91 Å². The Morgan fingerprint density at radius 3 is 2.69 bits per heavy atom. The molecular weight excluding hydrogens is 330 g/mol. The van der Waals surface area contributed by atoms with E-state index < -0.39 is 5.91 Å². The molecule has 1 aromatic carbocycles. The summed E-state index contributed by atoms with van der Waals surface area (Å²) in [4.78, 5) is 20.9. The van der Waals surface area contributed by atoms with Crippen LogP contribution in [0, 0.1) is 6.92 Å². The standard InChI is InChI=1S/C19H21N5O2/c1-12(2)14-8-5-6-10-16(14)24-13(3)21-17(23-24)18(25)22-15-9-7-11-20-19(15)26-4/h5-12H,1-4H3,(H,22,25). The Balaban J connectivity index is 1.92. The number of nitrogens with zero attached hydrogens (tertiary/aromatic N) is 4. The van der Waals surface area contributed by atoms with Crippen LogP contribution in [-0.2, 0) is 0 Å². The first kappa shape index (κ1) is 17.6. The van der Waals surface area contributed by atoms with E-state index in [1.165, 1.54) is 7.11 Å². The Morgan fingerprint density at radius 2 is 1.96 bits per heavy atom. The molecule has 3 rings (SSSR count). The molecule has 7 nitrogen and oxygen atoms in total. The molecule has 0 atom stereocenters. The molecule has 0 aliphatic carbocycles. The van der Waals surface area contributed by atoms with Crippen LogP contribution in [0.4, 0.5) is 5.69 Å². The monoisotopic (exact) mass is 351 g/mol. The summed E-state index contributed by atoms with van der Waals surface area (Å²) in [7, 11) is 1.50. The van der Waals surface area contributed by atoms with E-state index in [9.17, 15) is 4.79 Å². The summed E-state index contributed by atoms with van der Waals surface area (Å²) >= 11 is 0. The summed E-state index contributed by atoms with van der Waals surface area (Å²) < 4.78 is 6.85. The zero-order valence-corrected chi connectivity index (χ0v) is 15.2. The van der Waals surface area contributed by atoms with Gasteiger partial charge in [-0.15, -0.1) is 5.10 Å². The van der Waals surface area contributed by atoms with Crippen molar-refractivity contribution in [3.63, 3.8) is 0 Å². The molecule has 7 heteroatoms. The van der Waals surface area contributed by atoms with Crippen LogP contribution in [-0.4, -0.2) is 32.8 Å². The van der Waals surface area contributed by atoms with Gasteiger partial charge in [-0.05, 0) is 36.6 Å². The Bertz CT molecular complexity index is 933. The highest BCUT2D eigenvalue weighted by Crippen LogP contribution is 2.24. The molecule has 0 spiro atoms. The minimum Gasteiger partial charge on any atom is -0.480 e. The maximum absolute atomic E-state index is 12.6. The fourth-order valence-electron chi connectivity index (χ4n) is 2.71. The second kappa shape index (κ2) is 7.35. The van der Waals surface area contributed by atoms with E-state index in [4.69, 9.17) is 4.74 Å². The normalized spacial score (nSPS) is 10.8. The minimum absolute atomic E-state index is 0.0898. The fourth-order valence-corrected chi connectivity index (χ4v) is 2.71. The van der Waals surface area contributed by atoms with Gasteiger partial charge < -0.3 is 10.1 Å². The zero-order chi connectivity index (χ0) is 18.7. The number of amides is 1. The van der Waals surface area contributed by atoms with E-state index in [1.807, 2.05) is 25.1 Å². The first-order valence-corrected chi connectivity index (χ1v) is 8.34. The zero-order valence-electron chi connectivity index (χ0n) is 15.2. The van der Waals surface area contributed by atoms with Gasteiger partial charge in [0.2, 0.25) is 11.7 Å². The number of para-hydroxylation sites is 1. The number of aryl methyl sites for hydroxylation is 1. The maximum atomic E-state index is 12.6. The lowest BCUT2D eigenvalue weighted by atomic mass is 10.0. The van der Waals surface area contributed by atoms with Crippen LogP contribution < -0.4 is 10.1 Å². The molecule has 3 aromatic rings. The summed E-state index contributed by atoms with van der Waals surface area (Å²) in [6.45, 7) is 6.06. The van der Waals surface area contributed by atoms with Crippen molar-refractivity contribution < 1.29 is 9.53 Å². The lowest BCUT2D eigenvalue weighted by Gasteiger charge is -2.12. The molecule has 0 saturated heterocycles. The van der Waals surface area contributed by atoms with Crippen molar-refractivity contribution in [3.05, 3.63) is 59.8 Å². The molecule has 1 amide bonds. The molecule has 134 valence electrons. The van der Waals surface area contributed by atoms with Crippen molar-refractivity contribution in [2.75, 3.05) is 12.4 Å². The van der Waals surface area contributed by atoms with Crippen molar-refractivity contribution in [2.45, 2.75) is 26.7 Å². The number of hydrogen-bond acceptors (Lipinski definition) is 5. The van der Waals surface area contributed by atoms with Crippen LogP contribution in [0.3, 0.4) is 0 Å². The molecule has 26 heavy (non-hydrogen) atoms. The number of methoxy groups -OCH3 is 1. The highest BCUT2D eigenvalue weighted by molar-refractivity contribution is 6.02. The first-order valence-electron chi connectivity index (χ1n) is 8.34. The predicted molar refractivity (Wildman–Crippen MR) is 98.9 cm³/mol. The Hall–Kier alpha value is -3.22. The van der Waals surface area contributed by atoms with Crippen molar-refractivity contribution in [1.82, 2.24) is 19.7 Å². The van der Waals surface area contributed by atoms with Crippen molar-refractivity contribution >= 4 is 11.6 Å². The molecule has 0 saturated carbocycles. The number of rotatable bonds is 5. The van der Waals surface area contributed by atoms with Gasteiger partial charge in [-0.25, -0.2) is 14.6 Å². The van der Waals surface area contributed by atoms with E-state index in [1.54, 1.807) is 23.0 Å². The van der Waals surface area contributed by atoms with Crippen LogP contribution in [0.25, 0.3) is 5.69 Å². The third-order valence-electron chi connectivity index (χ3n) is 3.97. The summed E-state index contributed by atoms with van der Waals surface area (Å²) in [5.74, 6) is 0.974. The van der Waals surface area contributed by atoms with Crippen LogP contribution in [0.5, 0.6) is 5.88 Å². The van der Waals surface area contributed by atoms with Crippen LogP contribution >= 0.6 is 0 Å². The van der Waals surface area contributed by atoms with Crippen molar-refractivity contribution in [3.8, 4) is 11.6 Å². The van der Waals surface area contributed by atoms with Gasteiger partial charge >= 0.3 is 0 Å². The van der Waals surface area contributed by atoms with Crippen LogP contribution in [0.1, 0.15) is 41.8 Å². The topological polar surface area (TPSA) is 81.9 Å². The molecule has 2 aromatic heterocycles. The average Bonchev–Trinajstić information content (AvgIpc) is 3.04. The number of aromatic nitrogens is 4. The van der Waals surface area contributed by atoms with E-state index in [0.29, 0.717) is 23.3 Å². The van der Waals surface area contributed by atoms with Crippen LogP contribution in [0.2, 0.25) is 0 Å². The van der Waals surface area contributed by atoms with Gasteiger partial charge in [0.05, 0.1) is 12.8 Å². The molecule has 0 aliphatic rings. The summed E-state index contributed by atoms with van der Waals surface area (Å²) in [5.41, 5.74) is 2.53.